The summed E-state index contributed by atoms with van der Waals surface area (Å²) < 4.78 is 5.39. The Kier molecular flexibility index (Phi) is 5.35. The summed E-state index contributed by atoms with van der Waals surface area (Å²) in [6.07, 6.45) is 0.616. The fourth-order valence-electron chi connectivity index (χ4n) is 1.98. The zero-order chi connectivity index (χ0) is 15.1. The van der Waals surface area contributed by atoms with Crippen LogP contribution < -0.4 is 10.1 Å². The average Bonchev–Trinajstić information content (AvgIpc) is 2.50. The zero-order valence-corrected chi connectivity index (χ0v) is 12.0. The van der Waals surface area contributed by atoms with Crippen LogP contribution in [0.2, 0.25) is 0 Å². The molecule has 0 fully saturated rings. The fourth-order valence-corrected chi connectivity index (χ4v) is 1.98. The number of anilines is 1. The summed E-state index contributed by atoms with van der Waals surface area (Å²) in [4.78, 5) is 12.2. The largest absolute Gasteiger partial charge is 0.494 e. The molecule has 0 unspecified atom stereocenters. The molecule has 0 aliphatic carbocycles. The Morgan fingerprint density at radius 1 is 1.19 bits per heavy atom. The van der Waals surface area contributed by atoms with Gasteiger partial charge in [0.05, 0.1) is 6.61 Å². The van der Waals surface area contributed by atoms with Crippen molar-refractivity contribution in [1.82, 2.24) is 0 Å². The minimum Gasteiger partial charge on any atom is -0.494 e. The summed E-state index contributed by atoms with van der Waals surface area (Å²) in [5, 5.41) is 11.7. The number of amides is 1. The number of aliphatic hydroxyl groups excluding tert-OH is 1. The van der Waals surface area contributed by atoms with Crippen molar-refractivity contribution in [2.75, 3.05) is 18.5 Å². The first-order valence-electron chi connectivity index (χ1n) is 6.97. The normalized spacial score (nSPS) is 10.2. The molecule has 1 amide bonds. The Hall–Kier alpha value is -2.33. The molecule has 4 heteroatoms. The molecule has 0 saturated heterocycles. The Morgan fingerprint density at radius 3 is 2.62 bits per heavy atom. The van der Waals surface area contributed by atoms with Gasteiger partial charge in [-0.3, -0.25) is 4.79 Å². The molecule has 2 aromatic rings. The number of aliphatic hydroxyl groups is 1. The van der Waals surface area contributed by atoms with Crippen molar-refractivity contribution in [3.63, 3.8) is 0 Å². The highest BCUT2D eigenvalue weighted by molar-refractivity contribution is 6.04. The number of hydrogen-bond donors (Lipinski definition) is 2. The molecule has 0 saturated carbocycles. The minimum absolute atomic E-state index is 0.121. The maximum atomic E-state index is 12.2. The molecular formula is C17H19NO3. The molecule has 0 aromatic heterocycles. The summed E-state index contributed by atoms with van der Waals surface area (Å²) in [6.45, 7) is 2.59. The van der Waals surface area contributed by atoms with E-state index in [4.69, 9.17) is 9.84 Å². The molecule has 4 nitrogen and oxygen atoms in total. The third-order valence-electron chi connectivity index (χ3n) is 3.02. The van der Waals surface area contributed by atoms with E-state index < -0.39 is 0 Å². The summed E-state index contributed by atoms with van der Waals surface area (Å²) in [5.41, 5.74) is 2.32. The van der Waals surface area contributed by atoms with Crippen LogP contribution in [0.1, 0.15) is 22.8 Å². The maximum absolute atomic E-state index is 12.2. The van der Waals surface area contributed by atoms with Crippen LogP contribution >= 0.6 is 0 Å². The summed E-state index contributed by atoms with van der Waals surface area (Å²) in [5.74, 6) is 0.509. The smallest absolute Gasteiger partial charge is 0.255 e. The lowest BCUT2D eigenvalue weighted by atomic mass is 10.1. The van der Waals surface area contributed by atoms with Crippen LogP contribution in [0, 0.1) is 0 Å². The molecule has 0 bridgehead atoms. The number of carbonyl (C=O) groups excluding carboxylic acids is 1. The van der Waals surface area contributed by atoms with Gasteiger partial charge in [-0.2, -0.15) is 0 Å². The minimum atomic E-state index is -0.175. The Balaban J connectivity index is 2.05. The van der Waals surface area contributed by atoms with Crippen LogP contribution in [0.15, 0.2) is 48.5 Å². The number of carbonyl (C=O) groups is 1. The highest BCUT2D eigenvalue weighted by Crippen LogP contribution is 2.16. The first kappa shape index (κ1) is 15.1. The van der Waals surface area contributed by atoms with Crippen LogP contribution in [0.3, 0.4) is 0 Å². The molecular weight excluding hydrogens is 266 g/mol. The monoisotopic (exact) mass is 285 g/mol. The molecule has 21 heavy (non-hydrogen) atoms. The van der Waals surface area contributed by atoms with Gasteiger partial charge in [-0.1, -0.05) is 18.2 Å². The van der Waals surface area contributed by atoms with Gasteiger partial charge in [0.1, 0.15) is 5.75 Å². The number of rotatable bonds is 6. The molecule has 2 rings (SSSR count). The van der Waals surface area contributed by atoms with Crippen molar-refractivity contribution in [3.8, 4) is 5.75 Å². The summed E-state index contributed by atoms with van der Waals surface area (Å²) >= 11 is 0. The molecule has 2 N–H and O–H groups in total. The lowest BCUT2D eigenvalue weighted by Gasteiger charge is -2.08. The molecule has 0 atom stereocenters. The van der Waals surface area contributed by atoms with Crippen LogP contribution in [0.4, 0.5) is 5.69 Å². The molecule has 0 aliphatic heterocycles. The van der Waals surface area contributed by atoms with Gasteiger partial charge in [0.15, 0.2) is 0 Å². The lowest BCUT2D eigenvalue weighted by Crippen LogP contribution is -2.12. The van der Waals surface area contributed by atoms with Gasteiger partial charge in [0.25, 0.3) is 5.91 Å². The van der Waals surface area contributed by atoms with E-state index in [1.54, 1.807) is 18.2 Å². The summed E-state index contributed by atoms with van der Waals surface area (Å²) in [6, 6.07) is 14.5. The van der Waals surface area contributed by atoms with Crippen LogP contribution in [-0.4, -0.2) is 24.2 Å². The highest BCUT2D eigenvalue weighted by Gasteiger charge is 2.07. The van der Waals surface area contributed by atoms with Gasteiger partial charge in [-0.05, 0) is 49.2 Å². The number of ether oxygens (including phenoxy) is 1. The van der Waals surface area contributed by atoms with Crippen molar-refractivity contribution in [1.29, 1.82) is 0 Å². The van der Waals surface area contributed by atoms with Crippen molar-refractivity contribution in [3.05, 3.63) is 59.7 Å². The third kappa shape index (κ3) is 4.33. The van der Waals surface area contributed by atoms with E-state index in [-0.39, 0.29) is 12.5 Å². The van der Waals surface area contributed by atoms with E-state index in [2.05, 4.69) is 5.32 Å². The second-order valence-corrected chi connectivity index (χ2v) is 4.59. The second kappa shape index (κ2) is 7.45. The van der Waals surface area contributed by atoms with Crippen LogP contribution in [-0.2, 0) is 6.42 Å². The quantitative estimate of drug-likeness (QED) is 0.858. The van der Waals surface area contributed by atoms with E-state index in [0.717, 1.165) is 11.3 Å². The lowest BCUT2D eigenvalue weighted by molar-refractivity contribution is 0.102. The van der Waals surface area contributed by atoms with Gasteiger partial charge in [-0.25, -0.2) is 0 Å². The van der Waals surface area contributed by atoms with E-state index in [0.29, 0.717) is 24.3 Å². The van der Waals surface area contributed by atoms with Crippen molar-refractivity contribution < 1.29 is 14.6 Å². The van der Waals surface area contributed by atoms with E-state index in [1.807, 2.05) is 37.3 Å². The van der Waals surface area contributed by atoms with E-state index >= 15 is 0 Å². The molecule has 110 valence electrons. The van der Waals surface area contributed by atoms with Crippen molar-refractivity contribution in [2.45, 2.75) is 13.3 Å². The summed E-state index contributed by atoms with van der Waals surface area (Å²) in [7, 11) is 0. The van der Waals surface area contributed by atoms with Gasteiger partial charge in [0.2, 0.25) is 0 Å². The fraction of sp³-hybridized carbons (Fsp3) is 0.235. The molecule has 0 heterocycles. The third-order valence-corrected chi connectivity index (χ3v) is 3.02. The second-order valence-electron chi connectivity index (χ2n) is 4.59. The molecule has 0 aliphatic rings. The SMILES string of the molecule is CCOc1cccc(C(=O)Nc2ccc(CCO)cc2)c1. The van der Waals surface area contributed by atoms with Gasteiger partial charge >= 0.3 is 0 Å². The van der Waals surface area contributed by atoms with E-state index in [9.17, 15) is 4.79 Å². The van der Waals surface area contributed by atoms with Gasteiger partial charge in [0, 0.05) is 17.9 Å². The molecule has 2 aromatic carbocycles. The number of hydrogen-bond acceptors (Lipinski definition) is 3. The van der Waals surface area contributed by atoms with Crippen LogP contribution in [0.5, 0.6) is 5.75 Å². The maximum Gasteiger partial charge on any atom is 0.255 e. The predicted octanol–water partition coefficient (Wildman–Crippen LogP) is 2.87. The highest BCUT2D eigenvalue weighted by atomic mass is 16.5. The standard InChI is InChI=1S/C17H19NO3/c1-2-21-16-5-3-4-14(12-16)17(20)18-15-8-6-13(7-9-15)10-11-19/h3-9,12,19H,2,10-11H2,1H3,(H,18,20). The van der Waals surface area contributed by atoms with Gasteiger partial charge in [-0.15, -0.1) is 0 Å². The Morgan fingerprint density at radius 2 is 1.95 bits per heavy atom. The Bertz CT molecular complexity index is 593. The van der Waals surface area contributed by atoms with E-state index in [1.165, 1.54) is 0 Å². The first-order chi connectivity index (χ1) is 10.2. The predicted molar refractivity (Wildman–Crippen MR) is 82.8 cm³/mol. The molecule has 0 radical (unpaired) electrons. The topological polar surface area (TPSA) is 58.6 Å². The van der Waals surface area contributed by atoms with Crippen molar-refractivity contribution >= 4 is 11.6 Å². The number of benzene rings is 2. The zero-order valence-electron chi connectivity index (χ0n) is 12.0. The van der Waals surface area contributed by atoms with Crippen LogP contribution in [0.25, 0.3) is 0 Å². The Labute approximate surface area is 124 Å². The molecule has 0 spiro atoms. The average molecular weight is 285 g/mol. The van der Waals surface area contributed by atoms with Crippen molar-refractivity contribution in [2.24, 2.45) is 0 Å². The number of nitrogens with one attached hydrogen (secondary N) is 1. The first-order valence-corrected chi connectivity index (χ1v) is 6.97. The van der Waals surface area contributed by atoms with Gasteiger partial charge < -0.3 is 15.2 Å².